The van der Waals surface area contributed by atoms with E-state index in [9.17, 15) is 14.0 Å². The summed E-state index contributed by atoms with van der Waals surface area (Å²) in [6.45, 7) is 6.98. The molecular formula is C29H37FN4O3. The summed E-state index contributed by atoms with van der Waals surface area (Å²) in [6.07, 6.45) is 9.26. The fourth-order valence-corrected chi connectivity index (χ4v) is 5.96. The summed E-state index contributed by atoms with van der Waals surface area (Å²) in [4.78, 5) is 32.8. The predicted molar refractivity (Wildman–Crippen MR) is 140 cm³/mol. The maximum atomic E-state index is 14.9. The monoisotopic (exact) mass is 508 g/mol. The molecule has 1 aromatic heterocycles. The Kier molecular flexibility index (Phi) is 7.47. The van der Waals surface area contributed by atoms with E-state index in [1.54, 1.807) is 18.3 Å². The van der Waals surface area contributed by atoms with E-state index in [-0.39, 0.29) is 5.56 Å². The van der Waals surface area contributed by atoms with Gasteiger partial charge in [-0.3, -0.25) is 9.59 Å². The predicted octanol–water partition coefficient (Wildman–Crippen LogP) is 4.26. The van der Waals surface area contributed by atoms with Crippen LogP contribution in [0.3, 0.4) is 0 Å². The highest BCUT2D eigenvalue weighted by atomic mass is 19.1. The van der Waals surface area contributed by atoms with Crippen molar-refractivity contribution in [3.8, 4) is 17.0 Å². The van der Waals surface area contributed by atoms with Crippen molar-refractivity contribution in [2.24, 2.45) is 17.1 Å². The van der Waals surface area contributed by atoms with E-state index in [0.717, 1.165) is 31.5 Å². The minimum absolute atomic E-state index is 0.0577. The number of aromatic nitrogens is 1. The van der Waals surface area contributed by atoms with Crippen LogP contribution in [-0.2, 0) is 4.79 Å². The van der Waals surface area contributed by atoms with Gasteiger partial charge in [0.05, 0.1) is 12.2 Å². The molecule has 1 saturated carbocycles. The zero-order valence-electron chi connectivity index (χ0n) is 21.6. The van der Waals surface area contributed by atoms with Crippen LogP contribution in [0.5, 0.6) is 5.88 Å². The molecule has 5 rings (SSSR count). The second kappa shape index (κ2) is 10.8. The minimum Gasteiger partial charge on any atom is -0.477 e. The molecule has 0 unspecified atom stereocenters. The quantitative estimate of drug-likeness (QED) is 0.576. The number of ether oxygens (including phenoxy) is 1. The first-order chi connectivity index (χ1) is 17.8. The average molecular weight is 509 g/mol. The van der Waals surface area contributed by atoms with Crippen LogP contribution < -0.4 is 10.5 Å². The van der Waals surface area contributed by atoms with Crippen molar-refractivity contribution in [2.75, 3.05) is 32.8 Å². The summed E-state index contributed by atoms with van der Waals surface area (Å²) in [5.41, 5.74) is 7.24. The van der Waals surface area contributed by atoms with E-state index >= 15 is 0 Å². The lowest BCUT2D eigenvalue weighted by atomic mass is 9.70. The summed E-state index contributed by atoms with van der Waals surface area (Å²) >= 11 is 0. The van der Waals surface area contributed by atoms with Gasteiger partial charge >= 0.3 is 0 Å². The van der Waals surface area contributed by atoms with Crippen LogP contribution in [0.2, 0.25) is 0 Å². The average Bonchev–Trinajstić information content (AvgIpc) is 3.38. The first-order valence-corrected chi connectivity index (χ1v) is 13.5. The number of piperidine rings is 1. The van der Waals surface area contributed by atoms with E-state index in [0.29, 0.717) is 48.8 Å². The lowest BCUT2D eigenvalue weighted by molar-refractivity contribution is -0.121. The fraction of sp³-hybridized carbons (Fsp3) is 0.552. The molecular weight excluding hydrogens is 471 g/mol. The van der Waals surface area contributed by atoms with Crippen LogP contribution in [0.25, 0.3) is 11.1 Å². The summed E-state index contributed by atoms with van der Waals surface area (Å²) in [6, 6.07) is 7.47. The first-order valence-electron chi connectivity index (χ1n) is 13.5. The van der Waals surface area contributed by atoms with Crippen LogP contribution in [-0.4, -0.2) is 65.4 Å². The van der Waals surface area contributed by atoms with Gasteiger partial charge in [0.15, 0.2) is 0 Å². The number of hydrogen-bond donors (Lipinski definition) is 1. The fourth-order valence-electron chi connectivity index (χ4n) is 5.96. The highest BCUT2D eigenvalue weighted by molar-refractivity contribution is 5.98. The SMILES string of the molecule is CC1(CN2CCC(COc3ccc(-c4ccc(C(=O)N5CCC[C@H]5C(N)=O)c(F)c4)cn3)CC2)CCC1. The number of carbonyl (C=O) groups excluding carboxylic acids is 2. The second-order valence-electron chi connectivity index (χ2n) is 11.3. The van der Waals surface area contributed by atoms with Gasteiger partial charge in [0.1, 0.15) is 11.9 Å². The Bertz CT molecular complexity index is 1130. The molecule has 0 spiro atoms. The Balaban J connectivity index is 1.13. The number of hydrogen-bond acceptors (Lipinski definition) is 5. The number of amides is 2. The summed E-state index contributed by atoms with van der Waals surface area (Å²) in [5.74, 6) is -0.589. The van der Waals surface area contributed by atoms with Crippen molar-refractivity contribution in [3.63, 3.8) is 0 Å². The maximum Gasteiger partial charge on any atom is 0.257 e. The molecule has 3 aliphatic rings. The molecule has 2 saturated heterocycles. The second-order valence-corrected chi connectivity index (χ2v) is 11.3. The first kappa shape index (κ1) is 25.6. The van der Waals surface area contributed by atoms with Crippen molar-refractivity contribution in [3.05, 3.63) is 47.9 Å². The lowest BCUT2D eigenvalue weighted by Gasteiger charge is -2.44. The zero-order chi connectivity index (χ0) is 26.0. The number of carbonyl (C=O) groups is 2. The molecule has 2 amide bonds. The third-order valence-electron chi connectivity index (χ3n) is 8.45. The molecule has 7 nitrogen and oxygen atoms in total. The molecule has 2 aromatic rings. The van der Waals surface area contributed by atoms with Gasteiger partial charge in [0, 0.05) is 30.9 Å². The van der Waals surface area contributed by atoms with E-state index in [1.807, 2.05) is 6.07 Å². The van der Waals surface area contributed by atoms with Crippen LogP contribution in [0.15, 0.2) is 36.5 Å². The Labute approximate surface area is 218 Å². The Morgan fingerprint density at radius 3 is 2.46 bits per heavy atom. The van der Waals surface area contributed by atoms with Gasteiger partial charge in [0.2, 0.25) is 11.8 Å². The molecule has 3 heterocycles. The van der Waals surface area contributed by atoms with Crippen molar-refractivity contribution < 1.29 is 18.7 Å². The third-order valence-corrected chi connectivity index (χ3v) is 8.45. The van der Waals surface area contributed by atoms with E-state index in [2.05, 4.69) is 16.8 Å². The molecule has 1 atom stereocenters. The van der Waals surface area contributed by atoms with Gasteiger partial charge in [-0.25, -0.2) is 9.37 Å². The minimum atomic E-state index is -0.674. The molecule has 2 N–H and O–H groups in total. The van der Waals surface area contributed by atoms with Gasteiger partial charge in [-0.1, -0.05) is 19.4 Å². The van der Waals surface area contributed by atoms with Gasteiger partial charge in [-0.15, -0.1) is 0 Å². The van der Waals surface area contributed by atoms with E-state index in [1.165, 1.54) is 42.8 Å². The number of halogens is 1. The van der Waals surface area contributed by atoms with E-state index < -0.39 is 23.7 Å². The van der Waals surface area contributed by atoms with Gasteiger partial charge < -0.3 is 20.3 Å². The normalized spacial score (nSPS) is 22.0. The summed E-state index contributed by atoms with van der Waals surface area (Å²) in [5, 5.41) is 0. The largest absolute Gasteiger partial charge is 0.477 e. The van der Waals surface area contributed by atoms with Gasteiger partial charge in [0.25, 0.3) is 5.91 Å². The summed E-state index contributed by atoms with van der Waals surface area (Å²) < 4.78 is 20.9. The van der Waals surface area contributed by atoms with Crippen molar-refractivity contribution in [1.29, 1.82) is 0 Å². The van der Waals surface area contributed by atoms with Gasteiger partial charge in [-0.05, 0) is 86.7 Å². The lowest BCUT2D eigenvalue weighted by Crippen LogP contribution is -2.44. The molecule has 0 bridgehead atoms. The number of primary amides is 1. The smallest absolute Gasteiger partial charge is 0.257 e. The number of benzene rings is 1. The van der Waals surface area contributed by atoms with Crippen molar-refractivity contribution >= 4 is 11.8 Å². The molecule has 8 heteroatoms. The van der Waals surface area contributed by atoms with Crippen LogP contribution >= 0.6 is 0 Å². The van der Waals surface area contributed by atoms with Crippen LogP contribution in [0, 0.1) is 17.2 Å². The number of rotatable bonds is 8. The summed E-state index contributed by atoms with van der Waals surface area (Å²) in [7, 11) is 0. The Morgan fingerprint density at radius 1 is 1.08 bits per heavy atom. The molecule has 3 fully saturated rings. The Hall–Kier alpha value is -3.00. The molecule has 2 aliphatic heterocycles. The molecule has 37 heavy (non-hydrogen) atoms. The van der Waals surface area contributed by atoms with Crippen molar-refractivity contribution in [1.82, 2.24) is 14.8 Å². The molecule has 1 aromatic carbocycles. The highest BCUT2D eigenvalue weighted by Crippen LogP contribution is 2.41. The highest BCUT2D eigenvalue weighted by Gasteiger charge is 2.35. The zero-order valence-corrected chi connectivity index (χ0v) is 21.6. The van der Waals surface area contributed by atoms with Crippen LogP contribution in [0.1, 0.15) is 62.2 Å². The Morgan fingerprint density at radius 2 is 1.84 bits per heavy atom. The number of likely N-dealkylation sites (tertiary alicyclic amines) is 2. The number of nitrogens with zero attached hydrogens (tertiary/aromatic N) is 3. The molecule has 198 valence electrons. The van der Waals surface area contributed by atoms with Gasteiger partial charge in [-0.2, -0.15) is 0 Å². The van der Waals surface area contributed by atoms with E-state index in [4.69, 9.17) is 10.5 Å². The molecule has 1 aliphatic carbocycles. The topological polar surface area (TPSA) is 88.8 Å². The standard InChI is InChI=1S/C29H37FN4O3/c1-29(11-3-12-29)19-33-14-9-20(10-15-33)18-37-26-8-6-22(17-32-26)21-5-7-23(24(30)16-21)28(36)34-13-2-4-25(34)27(31)35/h5-8,16-17,20,25H,2-4,9-15,18-19H2,1H3,(H2,31,35)/t25-/m0/s1. The molecule has 0 radical (unpaired) electrons. The third kappa shape index (κ3) is 5.79. The maximum absolute atomic E-state index is 14.9. The van der Waals surface area contributed by atoms with Crippen LogP contribution in [0.4, 0.5) is 4.39 Å². The van der Waals surface area contributed by atoms with Crippen molar-refractivity contribution in [2.45, 2.75) is 57.9 Å². The number of pyridine rings is 1. The number of nitrogens with two attached hydrogens (primary N) is 1.